The lowest BCUT2D eigenvalue weighted by molar-refractivity contribution is -0.144. The van der Waals surface area contributed by atoms with Crippen molar-refractivity contribution in [2.75, 3.05) is 13.1 Å². The Morgan fingerprint density at radius 2 is 2.06 bits per heavy atom. The first-order valence-electron chi connectivity index (χ1n) is 10.9. The van der Waals surface area contributed by atoms with Gasteiger partial charge in [0.05, 0.1) is 34.2 Å². The van der Waals surface area contributed by atoms with Gasteiger partial charge in [-0.3, -0.25) is 14.2 Å². The minimum atomic E-state index is -1.41. The Morgan fingerprint density at radius 1 is 1.37 bits per heavy atom. The van der Waals surface area contributed by atoms with Gasteiger partial charge < -0.3 is 10.0 Å². The van der Waals surface area contributed by atoms with Crippen LogP contribution in [0.15, 0.2) is 33.8 Å². The number of benzene rings is 1. The van der Waals surface area contributed by atoms with Gasteiger partial charge in [-0.05, 0) is 46.0 Å². The van der Waals surface area contributed by atoms with E-state index in [1.54, 1.807) is 6.07 Å². The highest BCUT2D eigenvalue weighted by molar-refractivity contribution is 9.10. The fourth-order valence-corrected chi connectivity index (χ4v) is 5.07. The Morgan fingerprint density at radius 3 is 2.66 bits per heavy atom. The van der Waals surface area contributed by atoms with E-state index < -0.39 is 28.6 Å². The zero-order chi connectivity index (χ0) is 25.7. The molecule has 1 atom stereocenters. The molecular weight excluding hydrogens is 540 g/mol. The molecule has 1 aliphatic heterocycles. The predicted octanol–water partition coefficient (Wildman–Crippen LogP) is 4.36. The number of aliphatic hydroxyl groups excluding tert-OH is 1. The normalized spacial score (nSPS) is 15.9. The van der Waals surface area contributed by atoms with E-state index >= 15 is 0 Å². The number of rotatable bonds is 3. The van der Waals surface area contributed by atoms with Gasteiger partial charge in [-0.25, -0.2) is 13.8 Å². The lowest BCUT2D eigenvalue weighted by Gasteiger charge is -2.42. The number of aliphatic hydroxyl groups is 1. The van der Waals surface area contributed by atoms with E-state index in [1.165, 1.54) is 46.2 Å². The second-order valence-electron chi connectivity index (χ2n) is 9.99. The molecular formula is C25H24BrF2N3O3S. The minimum absolute atomic E-state index is 0.0145. The molecule has 1 aromatic carbocycles. The maximum Gasteiger partial charge on any atom is 0.263 e. The molecule has 3 heterocycles. The lowest BCUT2D eigenvalue weighted by atomic mass is 9.89. The summed E-state index contributed by atoms with van der Waals surface area (Å²) < 4.78 is 29.2. The monoisotopic (exact) mass is 563 g/mol. The fourth-order valence-electron chi connectivity index (χ4n) is 3.68. The van der Waals surface area contributed by atoms with Crippen molar-refractivity contribution in [3.05, 3.63) is 50.0 Å². The number of nitrogens with zero attached hydrogens (tertiary/aromatic N) is 3. The lowest BCUT2D eigenvalue weighted by Crippen LogP contribution is -2.60. The number of fused-ring (bicyclic) bond motifs is 1. The van der Waals surface area contributed by atoms with Crippen LogP contribution in [0.25, 0.3) is 21.3 Å². The molecule has 0 radical (unpaired) electrons. The third-order valence-corrected chi connectivity index (χ3v) is 7.35. The molecule has 184 valence electrons. The highest BCUT2D eigenvalue weighted by Crippen LogP contribution is 2.37. The topological polar surface area (TPSA) is 75.4 Å². The van der Waals surface area contributed by atoms with Crippen LogP contribution in [0.3, 0.4) is 0 Å². The van der Waals surface area contributed by atoms with Crippen molar-refractivity contribution in [2.24, 2.45) is 5.41 Å². The van der Waals surface area contributed by atoms with E-state index in [-0.39, 0.29) is 35.4 Å². The summed E-state index contributed by atoms with van der Waals surface area (Å²) in [6.45, 7) is 6.69. The summed E-state index contributed by atoms with van der Waals surface area (Å²) in [5.74, 6) is 4.98. The molecule has 10 heteroatoms. The summed E-state index contributed by atoms with van der Waals surface area (Å²) in [4.78, 5) is 32.7. The third-order valence-electron chi connectivity index (χ3n) is 5.73. The van der Waals surface area contributed by atoms with Crippen molar-refractivity contribution >= 4 is 43.4 Å². The number of thiophene rings is 1. The maximum atomic E-state index is 13.9. The largest absolute Gasteiger partial charge is 0.380 e. The van der Waals surface area contributed by atoms with Gasteiger partial charge in [-0.1, -0.05) is 38.7 Å². The number of alkyl halides is 1. The molecule has 1 unspecified atom stereocenters. The van der Waals surface area contributed by atoms with Gasteiger partial charge in [0.1, 0.15) is 29.0 Å². The van der Waals surface area contributed by atoms with Crippen LogP contribution in [0.4, 0.5) is 8.78 Å². The second kappa shape index (κ2) is 9.12. The number of aromatic nitrogens is 2. The van der Waals surface area contributed by atoms with Gasteiger partial charge in [-0.15, -0.1) is 11.3 Å². The molecule has 0 spiro atoms. The summed E-state index contributed by atoms with van der Waals surface area (Å²) in [6.07, 6.45) is 0.375. The first kappa shape index (κ1) is 25.5. The highest BCUT2D eigenvalue weighted by atomic mass is 79.9. The van der Waals surface area contributed by atoms with E-state index in [0.717, 1.165) is 0 Å². The minimum Gasteiger partial charge on any atom is -0.380 e. The van der Waals surface area contributed by atoms with Crippen molar-refractivity contribution < 1.29 is 18.7 Å². The third kappa shape index (κ3) is 5.17. The Hall–Kier alpha value is -2.61. The van der Waals surface area contributed by atoms with E-state index in [2.05, 4.69) is 32.8 Å². The molecule has 4 rings (SSSR count). The molecule has 1 saturated heterocycles. The van der Waals surface area contributed by atoms with Crippen molar-refractivity contribution in [1.29, 1.82) is 0 Å². The van der Waals surface area contributed by atoms with Crippen LogP contribution in [0.5, 0.6) is 0 Å². The maximum absolute atomic E-state index is 13.9. The number of hydrogen-bond acceptors (Lipinski definition) is 5. The molecule has 1 N–H and O–H groups in total. The Bertz CT molecular complexity index is 1440. The molecule has 3 aromatic rings. The van der Waals surface area contributed by atoms with Crippen LogP contribution in [-0.4, -0.2) is 50.3 Å². The number of halogens is 3. The SMILES string of the molecule is CC1(F)CN(C(=O)Cn2cnc3sc(C#CC(O)C(C)(C)C)c(-c4ccc(F)c(Br)c4)c3c2=O)C1. The summed E-state index contributed by atoms with van der Waals surface area (Å²) in [7, 11) is 0. The number of amides is 1. The first-order valence-corrected chi connectivity index (χ1v) is 12.5. The highest BCUT2D eigenvalue weighted by Gasteiger charge is 2.41. The molecule has 1 aliphatic rings. The van der Waals surface area contributed by atoms with Crippen LogP contribution in [0.2, 0.25) is 0 Å². The van der Waals surface area contributed by atoms with Crippen LogP contribution >= 0.6 is 27.3 Å². The molecule has 35 heavy (non-hydrogen) atoms. The van der Waals surface area contributed by atoms with E-state index in [1.807, 2.05) is 20.8 Å². The van der Waals surface area contributed by atoms with Gasteiger partial charge in [0.15, 0.2) is 0 Å². The molecule has 0 bridgehead atoms. The predicted molar refractivity (Wildman–Crippen MR) is 135 cm³/mol. The van der Waals surface area contributed by atoms with Crippen molar-refractivity contribution in [3.8, 4) is 23.0 Å². The quantitative estimate of drug-likeness (QED) is 0.480. The molecule has 2 aromatic heterocycles. The van der Waals surface area contributed by atoms with E-state index in [0.29, 0.717) is 20.8 Å². The summed E-state index contributed by atoms with van der Waals surface area (Å²) in [5, 5.41) is 10.7. The van der Waals surface area contributed by atoms with E-state index in [4.69, 9.17) is 0 Å². The van der Waals surface area contributed by atoms with Gasteiger partial charge >= 0.3 is 0 Å². The summed E-state index contributed by atoms with van der Waals surface area (Å²) >= 11 is 4.37. The number of carbonyl (C=O) groups excluding carboxylic acids is 1. The molecule has 1 amide bonds. The van der Waals surface area contributed by atoms with Crippen LogP contribution < -0.4 is 5.56 Å². The fraction of sp³-hybridized carbons (Fsp3) is 0.400. The Labute approximate surface area is 213 Å². The molecule has 6 nitrogen and oxygen atoms in total. The van der Waals surface area contributed by atoms with Gasteiger partial charge in [0.25, 0.3) is 5.56 Å². The Balaban J connectivity index is 1.83. The Kier molecular flexibility index (Phi) is 6.64. The standard InChI is InChI=1S/C25H24BrF2N3O3S/c1-24(2,3)18(32)8-7-17-20(14-5-6-16(27)15(26)9-14)21-22(35-17)29-13-30(23(21)34)10-19(33)31-11-25(4,28)12-31/h5-6,9,13,18,32H,10-12H2,1-4H3. The molecule has 0 aliphatic carbocycles. The summed E-state index contributed by atoms with van der Waals surface area (Å²) in [6, 6.07) is 4.36. The van der Waals surface area contributed by atoms with Crippen molar-refractivity contribution in [3.63, 3.8) is 0 Å². The summed E-state index contributed by atoms with van der Waals surface area (Å²) in [5.41, 5.74) is -1.34. The first-order chi connectivity index (χ1) is 16.3. The molecule has 1 fully saturated rings. The van der Waals surface area contributed by atoms with Gasteiger partial charge in [0, 0.05) is 5.56 Å². The molecule has 0 saturated carbocycles. The van der Waals surface area contributed by atoms with Gasteiger partial charge in [0.2, 0.25) is 5.91 Å². The average Bonchev–Trinajstić information content (AvgIpc) is 3.12. The zero-order valence-electron chi connectivity index (χ0n) is 19.7. The van der Waals surface area contributed by atoms with Crippen molar-refractivity contribution in [2.45, 2.75) is 46.0 Å². The number of hydrogen-bond donors (Lipinski definition) is 1. The number of likely N-dealkylation sites (tertiary alicyclic amines) is 1. The van der Waals surface area contributed by atoms with E-state index in [9.17, 15) is 23.5 Å². The smallest absolute Gasteiger partial charge is 0.263 e. The van der Waals surface area contributed by atoms with Crippen LogP contribution in [0.1, 0.15) is 32.6 Å². The van der Waals surface area contributed by atoms with Crippen LogP contribution in [-0.2, 0) is 11.3 Å². The van der Waals surface area contributed by atoms with Crippen molar-refractivity contribution in [1.82, 2.24) is 14.5 Å². The second-order valence-corrected chi connectivity index (χ2v) is 11.8. The zero-order valence-corrected chi connectivity index (χ0v) is 22.1. The number of carbonyl (C=O) groups is 1. The average molecular weight is 564 g/mol. The van der Waals surface area contributed by atoms with Gasteiger partial charge in [-0.2, -0.15) is 0 Å². The van der Waals surface area contributed by atoms with Crippen LogP contribution in [0, 0.1) is 23.1 Å².